The van der Waals surface area contributed by atoms with Crippen LogP contribution >= 0.6 is 0 Å². The number of alkyl carbamates (subject to hydrolysis) is 1. The molecule has 1 rings (SSSR count). The number of hydrogen-bond donors (Lipinski definition) is 1. The highest BCUT2D eigenvalue weighted by Crippen LogP contribution is 2.25. The molecule has 0 aromatic carbocycles. The monoisotopic (exact) mass is 249 g/mol. The lowest BCUT2D eigenvalue weighted by Crippen LogP contribution is -2.35. The van der Waals surface area contributed by atoms with Crippen molar-refractivity contribution in [2.75, 3.05) is 0 Å². The van der Waals surface area contributed by atoms with Crippen LogP contribution in [0.5, 0.6) is 0 Å². The van der Waals surface area contributed by atoms with Crippen LogP contribution in [0.25, 0.3) is 0 Å². The molecule has 4 heteroatoms. The normalized spacial score (nSPS) is 22.3. The summed E-state index contributed by atoms with van der Waals surface area (Å²) in [4.78, 5) is 22.6. The van der Waals surface area contributed by atoms with Gasteiger partial charge in [-0.1, -0.05) is 6.58 Å². The first-order valence-corrected chi connectivity index (χ1v) is 6.12. The molecule has 0 spiro atoms. The maximum atomic E-state index is 11.4. The number of ether oxygens (including phenoxy) is 1. The molecule has 0 unspecified atom stereocenters. The number of carbonyl (C=O) groups excluding carboxylic acids is 2. The van der Waals surface area contributed by atoms with Crippen LogP contribution in [0, 0.1) is 17.8 Å². The van der Waals surface area contributed by atoms with Crippen molar-refractivity contribution in [3.63, 3.8) is 0 Å². The summed E-state index contributed by atoms with van der Waals surface area (Å²) in [5.74, 6) is 5.96. The summed E-state index contributed by atoms with van der Waals surface area (Å²) in [7, 11) is 0. The van der Waals surface area contributed by atoms with Crippen LogP contribution in [0.15, 0.2) is 12.2 Å². The van der Waals surface area contributed by atoms with Gasteiger partial charge in [-0.15, -0.1) is 11.8 Å². The Hall–Kier alpha value is -1.76. The number of imide groups is 1. The Kier molecular flexibility index (Phi) is 5.44. The van der Waals surface area contributed by atoms with E-state index in [1.807, 2.05) is 6.92 Å². The van der Waals surface area contributed by atoms with E-state index in [-0.39, 0.29) is 11.7 Å². The molecular formula is C14H19NO3. The summed E-state index contributed by atoms with van der Waals surface area (Å²) in [5.41, 5.74) is 0.286. The maximum absolute atomic E-state index is 11.4. The van der Waals surface area contributed by atoms with Gasteiger partial charge in [0.1, 0.15) is 6.10 Å². The van der Waals surface area contributed by atoms with Gasteiger partial charge in [0.2, 0.25) is 0 Å². The van der Waals surface area contributed by atoms with Crippen molar-refractivity contribution < 1.29 is 14.3 Å². The first kappa shape index (κ1) is 14.3. The molecule has 0 atom stereocenters. The lowest BCUT2D eigenvalue weighted by molar-refractivity contribution is -0.117. The average Bonchev–Trinajstić information content (AvgIpc) is 2.31. The van der Waals surface area contributed by atoms with Gasteiger partial charge < -0.3 is 4.74 Å². The molecule has 0 bridgehead atoms. The highest BCUT2D eigenvalue weighted by molar-refractivity contribution is 6.01. The van der Waals surface area contributed by atoms with E-state index in [0.29, 0.717) is 5.92 Å². The van der Waals surface area contributed by atoms with E-state index in [1.165, 1.54) is 6.92 Å². The van der Waals surface area contributed by atoms with Crippen molar-refractivity contribution in [3.8, 4) is 11.8 Å². The molecule has 1 N–H and O–H groups in total. The Bertz CT molecular complexity index is 395. The molecule has 0 radical (unpaired) electrons. The van der Waals surface area contributed by atoms with E-state index in [4.69, 9.17) is 4.74 Å². The number of hydrogen-bond acceptors (Lipinski definition) is 3. The van der Waals surface area contributed by atoms with Crippen molar-refractivity contribution >= 4 is 12.0 Å². The van der Waals surface area contributed by atoms with Gasteiger partial charge in [0.15, 0.2) is 0 Å². The molecule has 18 heavy (non-hydrogen) atoms. The fraction of sp³-hybridized carbons (Fsp3) is 0.571. The molecule has 2 amide bonds. The zero-order valence-corrected chi connectivity index (χ0v) is 10.9. The van der Waals surface area contributed by atoms with Crippen molar-refractivity contribution in [2.45, 2.75) is 45.6 Å². The van der Waals surface area contributed by atoms with Crippen LogP contribution in [0.4, 0.5) is 4.79 Å². The van der Waals surface area contributed by atoms with E-state index >= 15 is 0 Å². The van der Waals surface area contributed by atoms with Crippen LogP contribution in [0.1, 0.15) is 39.5 Å². The van der Waals surface area contributed by atoms with Gasteiger partial charge in [-0.2, -0.15) is 0 Å². The summed E-state index contributed by atoms with van der Waals surface area (Å²) in [5, 5.41) is 2.14. The van der Waals surface area contributed by atoms with Gasteiger partial charge in [0.25, 0.3) is 5.91 Å². The Morgan fingerprint density at radius 1 is 1.28 bits per heavy atom. The lowest BCUT2D eigenvalue weighted by Gasteiger charge is -2.25. The first-order chi connectivity index (χ1) is 8.52. The molecule has 0 aliphatic heterocycles. The predicted octanol–water partition coefficient (Wildman–Crippen LogP) is 2.40. The summed E-state index contributed by atoms with van der Waals surface area (Å²) in [6, 6.07) is 0. The predicted molar refractivity (Wildman–Crippen MR) is 68.6 cm³/mol. The van der Waals surface area contributed by atoms with Crippen molar-refractivity contribution in [2.24, 2.45) is 5.92 Å². The smallest absolute Gasteiger partial charge is 0.414 e. The average molecular weight is 249 g/mol. The van der Waals surface area contributed by atoms with Gasteiger partial charge in [-0.3, -0.25) is 10.1 Å². The second-order valence-electron chi connectivity index (χ2n) is 4.51. The SMILES string of the molecule is C=C(C)C(=O)NC(=O)OC1CCC(C#CC)CC1. The fourth-order valence-corrected chi connectivity index (χ4v) is 1.91. The van der Waals surface area contributed by atoms with Crippen LogP contribution < -0.4 is 5.32 Å². The first-order valence-electron chi connectivity index (χ1n) is 6.12. The molecule has 0 saturated heterocycles. The Morgan fingerprint density at radius 2 is 1.89 bits per heavy atom. The summed E-state index contributed by atoms with van der Waals surface area (Å²) < 4.78 is 5.18. The summed E-state index contributed by atoms with van der Waals surface area (Å²) in [6.07, 6.45) is 2.67. The molecule has 1 aliphatic carbocycles. The standard InChI is InChI=1S/C14H19NO3/c1-4-5-11-6-8-12(9-7-11)18-14(17)15-13(16)10(2)3/h11-12H,2,6-9H2,1,3H3,(H,15,16,17). The fourth-order valence-electron chi connectivity index (χ4n) is 1.91. The largest absolute Gasteiger partial charge is 0.446 e. The third kappa shape index (κ3) is 4.62. The van der Waals surface area contributed by atoms with Gasteiger partial charge in [-0.05, 0) is 39.5 Å². The van der Waals surface area contributed by atoms with Crippen molar-refractivity contribution in [3.05, 3.63) is 12.2 Å². The van der Waals surface area contributed by atoms with Crippen LogP contribution in [0.2, 0.25) is 0 Å². The van der Waals surface area contributed by atoms with Crippen molar-refractivity contribution in [1.29, 1.82) is 0 Å². The van der Waals surface area contributed by atoms with Crippen LogP contribution in [-0.4, -0.2) is 18.1 Å². The molecule has 98 valence electrons. The van der Waals surface area contributed by atoms with Crippen molar-refractivity contribution in [1.82, 2.24) is 5.32 Å². The van der Waals surface area contributed by atoms with E-state index in [2.05, 4.69) is 23.7 Å². The van der Waals surface area contributed by atoms with Gasteiger partial charge in [0, 0.05) is 11.5 Å². The minimum atomic E-state index is -0.687. The number of rotatable bonds is 2. The van der Waals surface area contributed by atoms with Crippen LogP contribution in [0.3, 0.4) is 0 Å². The quantitative estimate of drug-likeness (QED) is 0.604. The van der Waals surface area contributed by atoms with Gasteiger partial charge >= 0.3 is 6.09 Å². The molecule has 0 aromatic rings. The van der Waals surface area contributed by atoms with E-state index in [9.17, 15) is 9.59 Å². The topological polar surface area (TPSA) is 55.4 Å². The highest BCUT2D eigenvalue weighted by atomic mass is 16.6. The Labute approximate surface area is 108 Å². The Balaban J connectivity index is 2.32. The van der Waals surface area contributed by atoms with Crippen LogP contribution in [-0.2, 0) is 9.53 Å². The zero-order chi connectivity index (χ0) is 13.5. The lowest BCUT2D eigenvalue weighted by atomic mass is 9.88. The van der Waals surface area contributed by atoms with E-state index in [1.54, 1.807) is 0 Å². The number of amides is 2. The van der Waals surface area contributed by atoms with E-state index < -0.39 is 12.0 Å². The van der Waals surface area contributed by atoms with Gasteiger partial charge in [-0.25, -0.2) is 4.79 Å². The minimum absolute atomic E-state index is 0.113. The summed E-state index contributed by atoms with van der Waals surface area (Å²) >= 11 is 0. The maximum Gasteiger partial charge on any atom is 0.414 e. The third-order valence-corrected chi connectivity index (χ3v) is 2.90. The Morgan fingerprint density at radius 3 is 2.39 bits per heavy atom. The van der Waals surface area contributed by atoms with E-state index in [0.717, 1.165) is 25.7 Å². The second-order valence-corrected chi connectivity index (χ2v) is 4.51. The molecule has 4 nitrogen and oxygen atoms in total. The third-order valence-electron chi connectivity index (χ3n) is 2.90. The molecule has 0 heterocycles. The molecule has 1 fully saturated rings. The molecular weight excluding hydrogens is 230 g/mol. The minimum Gasteiger partial charge on any atom is -0.446 e. The number of carbonyl (C=O) groups is 2. The zero-order valence-electron chi connectivity index (χ0n) is 10.9. The second kappa shape index (κ2) is 6.85. The number of nitrogens with one attached hydrogen (secondary N) is 1. The molecule has 1 aliphatic rings. The summed E-state index contributed by atoms with van der Waals surface area (Å²) in [6.45, 7) is 6.82. The molecule has 1 saturated carbocycles. The highest BCUT2D eigenvalue weighted by Gasteiger charge is 2.23. The van der Waals surface area contributed by atoms with Gasteiger partial charge in [0.05, 0.1) is 0 Å². The molecule has 0 aromatic heterocycles.